The maximum Gasteiger partial charge on any atom is 0.121 e. The quantitative estimate of drug-likeness (QED) is 0.722. The monoisotopic (exact) mass is 322 g/mol. The summed E-state index contributed by atoms with van der Waals surface area (Å²) in [6, 6.07) is 19.6. The van der Waals surface area contributed by atoms with E-state index in [1.165, 1.54) is 10.8 Å². The molecule has 0 aliphatic carbocycles. The summed E-state index contributed by atoms with van der Waals surface area (Å²) in [6.07, 6.45) is 0.715. The Morgan fingerprint density at radius 3 is 2.70 bits per heavy atom. The second kappa shape index (κ2) is 5.60. The molecule has 0 bridgehead atoms. The van der Waals surface area contributed by atoms with Gasteiger partial charge in [0.25, 0.3) is 0 Å². The molecule has 3 aromatic carbocycles. The van der Waals surface area contributed by atoms with Crippen LogP contribution in [0.25, 0.3) is 10.8 Å². The molecule has 1 aliphatic heterocycles. The Morgan fingerprint density at radius 1 is 1.00 bits per heavy atom. The van der Waals surface area contributed by atoms with Crippen molar-refractivity contribution in [2.75, 3.05) is 0 Å². The van der Waals surface area contributed by atoms with Crippen molar-refractivity contribution in [2.24, 2.45) is 5.10 Å². The molecule has 0 radical (unpaired) electrons. The minimum Gasteiger partial charge on any atom is -0.508 e. The van der Waals surface area contributed by atoms with Gasteiger partial charge in [0.2, 0.25) is 0 Å². The number of fused-ring (bicyclic) bond motifs is 1. The highest BCUT2D eigenvalue weighted by Crippen LogP contribution is 2.33. The molecule has 3 nitrogen and oxygen atoms in total. The van der Waals surface area contributed by atoms with Gasteiger partial charge in [0.05, 0.1) is 11.8 Å². The Morgan fingerprint density at radius 2 is 1.83 bits per heavy atom. The van der Waals surface area contributed by atoms with Crippen LogP contribution < -0.4 is 5.43 Å². The number of hydrazone groups is 1. The van der Waals surface area contributed by atoms with E-state index in [-0.39, 0.29) is 11.8 Å². The Kier molecular flexibility index (Phi) is 3.43. The molecule has 0 fully saturated rings. The van der Waals surface area contributed by atoms with Gasteiger partial charge in [-0.1, -0.05) is 48.0 Å². The van der Waals surface area contributed by atoms with Gasteiger partial charge >= 0.3 is 0 Å². The largest absolute Gasteiger partial charge is 0.508 e. The fraction of sp³-hybridized carbons (Fsp3) is 0.105. The normalized spacial score (nSPS) is 17.1. The van der Waals surface area contributed by atoms with Gasteiger partial charge in [0.1, 0.15) is 5.75 Å². The highest BCUT2D eigenvalue weighted by atomic mass is 35.5. The zero-order chi connectivity index (χ0) is 15.8. The van der Waals surface area contributed by atoms with Crippen LogP contribution in [0.4, 0.5) is 0 Å². The van der Waals surface area contributed by atoms with Crippen LogP contribution in [0.1, 0.15) is 23.6 Å². The predicted molar refractivity (Wildman–Crippen MR) is 94.1 cm³/mol. The van der Waals surface area contributed by atoms with Gasteiger partial charge < -0.3 is 10.5 Å². The molecule has 0 spiro atoms. The summed E-state index contributed by atoms with van der Waals surface area (Å²) < 4.78 is 0. The molecule has 4 rings (SSSR count). The molecule has 4 heteroatoms. The second-order valence-electron chi connectivity index (χ2n) is 5.71. The third-order valence-corrected chi connectivity index (χ3v) is 4.44. The van der Waals surface area contributed by atoms with Crippen molar-refractivity contribution in [2.45, 2.75) is 12.5 Å². The first kappa shape index (κ1) is 14.1. The number of halogens is 1. The third kappa shape index (κ3) is 2.64. The number of hydrogen-bond donors (Lipinski definition) is 2. The number of rotatable bonds is 2. The molecule has 3 aromatic rings. The van der Waals surface area contributed by atoms with Crippen molar-refractivity contribution >= 4 is 28.1 Å². The van der Waals surface area contributed by atoms with E-state index in [1.807, 2.05) is 12.1 Å². The Balaban J connectivity index is 1.63. The summed E-state index contributed by atoms with van der Waals surface area (Å²) >= 11 is 6.04. The minimum absolute atomic E-state index is 0.0600. The van der Waals surface area contributed by atoms with Crippen LogP contribution in [0.3, 0.4) is 0 Å². The zero-order valence-corrected chi connectivity index (χ0v) is 13.1. The van der Waals surface area contributed by atoms with Crippen molar-refractivity contribution in [1.29, 1.82) is 0 Å². The lowest BCUT2D eigenvalue weighted by Gasteiger charge is -2.12. The van der Waals surface area contributed by atoms with Crippen molar-refractivity contribution in [3.05, 3.63) is 76.8 Å². The van der Waals surface area contributed by atoms with Crippen LogP contribution in [-0.2, 0) is 0 Å². The number of phenolic OH excluding ortho intramolecular Hbond substituents is 1. The van der Waals surface area contributed by atoms with Crippen LogP contribution in [-0.4, -0.2) is 10.8 Å². The van der Waals surface area contributed by atoms with Crippen molar-refractivity contribution in [1.82, 2.24) is 5.43 Å². The number of aromatic hydroxyl groups is 1. The van der Waals surface area contributed by atoms with E-state index >= 15 is 0 Å². The third-order valence-electron chi connectivity index (χ3n) is 4.20. The molecule has 0 amide bonds. The van der Waals surface area contributed by atoms with Gasteiger partial charge in [-0.25, -0.2) is 0 Å². The number of nitrogens with one attached hydrogen (secondary N) is 1. The highest BCUT2D eigenvalue weighted by molar-refractivity contribution is 6.30. The maximum atomic E-state index is 10.0. The standard InChI is InChI=1S/C19H15ClN2O/c20-15-7-8-19(23)16(10-15)18-11-17(21-22-18)14-6-5-12-3-1-2-4-13(12)9-14/h1-10,18,22-23H,11H2/t18-/m0/s1. The Hall–Kier alpha value is -2.52. The van der Waals surface area contributed by atoms with Gasteiger partial charge in [0.15, 0.2) is 0 Å². The van der Waals surface area contributed by atoms with Crippen molar-refractivity contribution in [3.8, 4) is 5.75 Å². The van der Waals surface area contributed by atoms with E-state index < -0.39 is 0 Å². The zero-order valence-electron chi connectivity index (χ0n) is 12.3. The molecule has 1 atom stereocenters. The maximum absolute atomic E-state index is 10.0. The van der Waals surface area contributed by atoms with E-state index in [1.54, 1.807) is 18.2 Å². The minimum atomic E-state index is -0.0600. The molecule has 2 N–H and O–H groups in total. The fourth-order valence-electron chi connectivity index (χ4n) is 2.98. The molecule has 0 saturated carbocycles. The first-order chi connectivity index (χ1) is 11.2. The van der Waals surface area contributed by atoms with E-state index in [4.69, 9.17) is 11.6 Å². The van der Waals surface area contributed by atoms with Crippen LogP contribution in [0.15, 0.2) is 65.8 Å². The smallest absolute Gasteiger partial charge is 0.121 e. The molecule has 0 saturated heterocycles. The van der Waals surface area contributed by atoms with Crippen molar-refractivity contribution < 1.29 is 5.11 Å². The van der Waals surface area contributed by atoms with Gasteiger partial charge in [-0.2, -0.15) is 5.10 Å². The van der Waals surface area contributed by atoms with E-state index in [2.05, 4.69) is 40.9 Å². The predicted octanol–water partition coefficient (Wildman–Crippen LogP) is 4.64. The van der Waals surface area contributed by atoms with E-state index in [0.29, 0.717) is 11.4 Å². The van der Waals surface area contributed by atoms with Gasteiger partial charge in [0, 0.05) is 17.0 Å². The summed E-state index contributed by atoms with van der Waals surface area (Å²) in [5.74, 6) is 0.238. The molecular weight excluding hydrogens is 308 g/mol. The number of phenols is 1. The molecule has 0 unspecified atom stereocenters. The summed E-state index contributed by atoms with van der Waals surface area (Å²) in [5.41, 5.74) is 5.97. The van der Waals surface area contributed by atoms with Crippen LogP contribution >= 0.6 is 11.6 Å². The number of nitrogens with zero attached hydrogens (tertiary/aromatic N) is 1. The van der Waals surface area contributed by atoms with Crippen LogP contribution in [0, 0.1) is 0 Å². The summed E-state index contributed by atoms with van der Waals surface area (Å²) in [6.45, 7) is 0. The Bertz CT molecular complexity index is 920. The topological polar surface area (TPSA) is 44.6 Å². The molecule has 114 valence electrons. The van der Waals surface area contributed by atoms with E-state index in [9.17, 15) is 5.11 Å². The lowest BCUT2D eigenvalue weighted by Crippen LogP contribution is -2.10. The lowest BCUT2D eigenvalue weighted by molar-refractivity contribution is 0.455. The SMILES string of the molecule is Oc1ccc(Cl)cc1[C@@H]1CC(c2ccc3ccccc3c2)=NN1. The van der Waals surface area contributed by atoms with Crippen LogP contribution in [0.5, 0.6) is 5.75 Å². The molecule has 1 aliphatic rings. The van der Waals surface area contributed by atoms with E-state index in [0.717, 1.165) is 16.8 Å². The molecule has 0 aromatic heterocycles. The van der Waals surface area contributed by atoms with Gasteiger partial charge in [-0.15, -0.1) is 0 Å². The average molecular weight is 323 g/mol. The molecule has 1 heterocycles. The second-order valence-corrected chi connectivity index (χ2v) is 6.15. The molecule has 23 heavy (non-hydrogen) atoms. The average Bonchev–Trinajstić information content (AvgIpc) is 3.06. The first-order valence-electron chi connectivity index (χ1n) is 7.50. The Labute approximate surface area is 139 Å². The number of benzene rings is 3. The summed E-state index contributed by atoms with van der Waals surface area (Å²) in [7, 11) is 0. The fourth-order valence-corrected chi connectivity index (χ4v) is 3.16. The first-order valence-corrected chi connectivity index (χ1v) is 7.88. The van der Waals surface area contributed by atoms with Crippen LogP contribution in [0.2, 0.25) is 5.02 Å². The number of hydrogen-bond acceptors (Lipinski definition) is 3. The van der Waals surface area contributed by atoms with Crippen molar-refractivity contribution in [3.63, 3.8) is 0 Å². The lowest BCUT2D eigenvalue weighted by atomic mass is 9.97. The van der Waals surface area contributed by atoms with Gasteiger partial charge in [-0.3, -0.25) is 0 Å². The molecular formula is C19H15ClN2O. The highest BCUT2D eigenvalue weighted by Gasteiger charge is 2.23. The summed E-state index contributed by atoms with van der Waals surface area (Å²) in [4.78, 5) is 0. The van der Waals surface area contributed by atoms with Gasteiger partial charge in [-0.05, 0) is 40.6 Å². The summed E-state index contributed by atoms with van der Waals surface area (Å²) in [5, 5.41) is 17.5.